The summed E-state index contributed by atoms with van der Waals surface area (Å²) in [6, 6.07) is 17.1. The van der Waals surface area contributed by atoms with Gasteiger partial charge < -0.3 is 4.57 Å². The standard InChI is InChI=1S/C16H17BN2/c1-2-18(11-17)12-19-15-9-5-3-7-13(15)14-8-4-6-10-16(14)19/h3-10H,2,11-12H2,1H3. The van der Waals surface area contributed by atoms with Crippen LogP contribution in [0.5, 0.6) is 0 Å². The van der Waals surface area contributed by atoms with Crippen molar-refractivity contribution in [2.24, 2.45) is 0 Å². The van der Waals surface area contributed by atoms with Crippen LogP contribution in [0, 0.1) is 0 Å². The molecule has 0 aliphatic heterocycles. The maximum absolute atomic E-state index is 5.80. The molecule has 19 heavy (non-hydrogen) atoms. The first kappa shape index (κ1) is 12.3. The zero-order valence-electron chi connectivity index (χ0n) is 11.2. The Morgan fingerprint density at radius 2 is 1.47 bits per heavy atom. The van der Waals surface area contributed by atoms with E-state index in [1.54, 1.807) is 0 Å². The van der Waals surface area contributed by atoms with E-state index in [0.717, 1.165) is 13.2 Å². The summed E-state index contributed by atoms with van der Waals surface area (Å²) >= 11 is 0. The van der Waals surface area contributed by atoms with Gasteiger partial charge in [-0.15, -0.1) is 0 Å². The number of hydrogen-bond acceptors (Lipinski definition) is 1. The summed E-state index contributed by atoms with van der Waals surface area (Å²) in [5, 5.41) is 2.62. The maximum atomic E-state index is 5.80. The van der Waals surface area contributed by atoms with Gasteiger partial charge in [0, 0.05) is 10.8 Å². The van der Waals surface area contributed by atoms with E-state index in [9.17, 15) is 0 Å². The quantitative estimate of drug-likeness (QED) is 0.643. The van der Waals surface area contributed by atoms with Crippen molar-refractivity contribution < 1.29 is 0 Å². The fourth-order valence-corrected chi connectivity index (χ4v) is 2.64. The zero-order valence-corrected chi connectivity index (χ0v) is 11.2. The Labute approximate surface area is 115 Å². The van der Waals surface area contributed by atoms with Crippen molar-refractivity contribution in [2.75, 3.05) is 13.0 Å². The number of rotatable bonds is 4. The highest BCUT2D eigenvalue weighted by molar-refractivity contribution is 6.09. The number of fused-ring (bicyclic) bond motifs is 3. The first-order valence-electron chi connectivity index (χ1n) is 6.73. The van der Waals surface area contributed by atoms with Crippen LogP contribution in [-0.4, -0.2) is 30.3 Å². The molecular formula is C16H17BN2. The van der Waals surface area contributed by atoms with E-state index in [1.807, 2.05) is 0 Å². The predicted octanol–water partition coefficient (Wildman–Crippen LogP) is 3.20. The van der Waals surface area contributed by atoms with Crippen molar-refractivity contribution in [1.82, 2.24) is 9.47 Å². The molecule has 0 fully saturated rings. The van der Waals surface area contributed by atoms with E-state index in [1.165, 1.54) is 21.8 Å². The van der Waals surface area contributed by atoms with Gasteiger partial charge in [0.2, 0.25) is 0 Å². The van der Waals surface area contributed by atoms with Gasteiger partial charge in [-0.1, -0.05) is 43.3 Å². The number of hydrogen-bond donors (Lipinski definition) is 0. The molecule has 2 nitrogen and oxygen atoms in total. The molecule has 94 valence electrons. The van der Waals surface area contributed by atoms with Gasteiger partial charge in [0.05, 0.1) is 25.5 Å². The predicted molar refractivity (Wildman–Crippen MR) is 82.4 cm³/mol. The molecule has 0 spiro atoms. The van der Waals surface area contributed by atoms with Crippen LogP contribution >= 0.6 is 0 Å². The average molecular weight is 248 g/mol. The Morgan fingerprint density at radius 3 is 1.95 bits per heavy atom. The van der Waals surface area contributed by atoms with Gasteiger partial charge in [-0.25, -0.2) is 0 Å². The normalized spacial score (nSPS) is 11.7. The summed E-state index contributed by atoms with van der Waals surface area (Å²) in [6.45, 7) is 3.93. The molecule has 2 aromatic carbocycles. The lowest BCUT2D eigenvalue weighted by Gasteiger charge is -2.20. The van der Waals surface area contributed by atoms with E-state index in [2.05, 4.69) is 64.9 Å². The van der Waals surface area contributed by atoms with Crippen LogP contribution in [0.25, 0.3) is 21.8 Å². The van der Waals surface area contributed by atoms with Crippen LogP contribution in [0.15, 0.2) is 48.5 Å². The van der Waals surface area contributed by atoms with Gasteiger partial charge in [0.25, 0.3) is 0 Å². The summed E-state index contributed by atoms with van der Waals surface area (Å²) in [5.74, 6) is 0. The number of para-hydroxylation sites is 2. The highest BCUT2D eigenvalue weighted by atomic mass is 15.2. The van der Waals surface area contributed by atoms with Crippen LogP contribution in [0.3, 0.4) is 0 Å². The minimum absolute atomic E-state index is 0.581. The molecule has 0 atom stereocenters. The van der Waals surface area contributed by atoms with Gasteiger partial charge in [-0.3, -0.25) is 4.90 Å². The smallest absolute Gasteiger partial charge is 0.0864 e. The molecule has 0 saturated carbocycles. The van der Waals surface area contributed by atoms with Crippen molar-refractivity contribution in [3.05, 3.63) is 48.5 Å². The van der Waals surface area contributed by atoms with E-state index < -0.39 is 0 Å². The summed E-state index contributed by atoms with van der Waals surface area (Å²) < 4.78 is 2.35. The lowest BCUT2D eigenvalue weighted by molar-refractivity contribution is 0.276. The Balaban J connectivity index is 2.24. The molecule has 0 N–H and O–H groups in total. The lowest BCUT2D eigenvalue weighted by Crippen LogP contribution is -2.27. The Hall–Kier alpha value is -1.74. The molecule has 3 rings (SSSR count). The minimum atomic E-state index is 0.581. The molecule has 0 aliphatic carbocycles. The Bertz CT molecular complexity index is 645. The second-order valence-electron chi connectivity index (χ2n) is 4.77. The Morgan fingerprint density at radius 1 is 0.947 bits per heavy atom. The molecule has 1 heterocycles. The van der Waals surface area contributed by atoms with E-state index >= 15 is 0 Å². The molecule has 3 aromatic rings. The molecule has 0 amide bonds. The second-order valence-corrected chi connectivity index (χ2v) is 4.77. The monoisotopic (exact) mass is 248 g/mol. The number of nitrogens with zero attached hydrogens (tertiary/aromatic N) is 2. The molecule has 0 saturated heterocycles. The molecule has 2 radical (unpaired) electrons. The first-order valence-corrected chi connectivity index (χ1v) is 6.73. The summed E-state index contributed by atoms with van der Waals surface area (Å²) in [7, 11) is 5.80. The van der Waals surface area contributed by atoms with Gasteiger partial charge in [0.15, 0.2) is 0 Å². The fourth-order valence-electron chi connectivity index (χ4n) is 2.64. The number of aromatic nitrogens is 1. The van der Waals surface area contributed by atoms with E-state index in [0.29, 0.717) is 6.44 Å². The largest absolute Gasteiger partial charge is 0.327 e. The zero-order chi connectivity index (χ0) is 13.2. The fraction of sp³-hybridized carbons (Fsp3) is 0.250. The third kappa shape index (κ3) is 2.04. The van der Waals surface area contributed by atoms with E-state index in [-0.39, 0.29) is 0 Å². The maximum Gasteiger partial charge on any atom is 0.0864 e. The van der Waals surface area contributed by atoms with Crippen LogP contribution in [0.1, 0.15) is 6.92 Å². The van der Waals surface area contributed by atoms with E-state index in [4.69, 9.17) is 7.85 Å². The molecule has 0 unspecified atom stereocenters. The average Bonchev–Trinajstić information content (AvgIpc) is 2.79. The lowest BCUT2D eigenvalue weighted by atomic mass is 10.1. The third-order valence-electron chi connectivity index (χ3n) is 3.73. The van der Waals surface area contributed by atoms with Crippen LogP contribution in [-0.2, 0) is 6.67 Å². The Kier molecular flexibility index (Phi) is 3.30. The molecule has 3 heteroatoms. The van der Waals surface area contributed by atoms with Crippen molar-refractivity contribution in [3.63, 3.8) is 0 Å². The summed E-state index contributed by atoms with van der Waals surface area (Å²) in [4.78, 5) is 2.22. The summed E-state index contributed by atoms with van der Waals surface area (Å²) in [6.07, 6.45) is 0.581. The van der Waals surface area contributed by atoms with Gasteiger partial charge in [-0.2, -0.15) is 0 Å². The van der Waals surface area contributed by atoms with Crippen molar-refractivity contribution in [2.45, 2.75) is 13.6 Å². The van der Waals surface area contributed by atoms with Gasteiger partial charge in [-0.05, 0) is 25.1 Å². The van der Waals surface area contributed by atoms with Crippen LogP contribution in [0.2, 0.25) is 0 Å². The molecular weight excluding hydrogens is 231 g/mol. The van der Waals surface area contributed by atoms with Crippen LogP contribution < -0.4 is 0 Å². The van der Waals surface area contributed by atoms with Gasteiger partial charge in [0.1, 0.15) is 0 Å². The summed E-state index contributed by atoms with van der Waals surface area (Å²) in [5.41, 5.74) is 2.55. The van der Waals surface area contributed by atoms with Crippen LogP contribution in [0.4, 0.5) is 0 Å². The highest BCUT2D eigenvalue weighted by Gasteiger charge is 2.10. The van der Waals surface area contributed by atoms with Crippen molar-refractivity contribution in [1.29, 1.82) is 0 Å². The second kappa shape index (κ2) is 5.10. The number of benzene rings is 2. The topological polar surface area (TPSA) is 8.17 Å². The molecule has 1 aromatic heterocycles. The SMILES string of the molecule is [B]CN(CC)Cn1c2ccccc2c2ccccc21. The van der Waals surface area contributed by atoms with Crippen molar-refractivity contribution in [3.8, 4) is 0 Å². The first-order chi connectivity index (χ1) is 9.35. The minimum Gasteiger partial charge on any atom is -0.327 e. The van der Waals surface area contributed by atoms with Crippen molar-refractivity contribution >= 4 is 29.7 Å². The molecule has 0 aliphatic rings. The third-order valence-corrected chi connectivity index (χ3v) is 3.73. The van der Waals surface area contributed by atoms with Gasteiger partial charge >= 0.3 is 0 Å². The highest BCUT2D eigenvalue weighted by Crippen LogP contribution is 2.28. The molecule has 0 bridgehead atoms.